The van der Waals surface area contributed by atoms with Crippen molar-refractivity contribution in [3.8, 4) is 5.75 Å². The first-order chi connectivity index (χ1) is 19.7. The van der Waals surface area contributed by atoms with Crippen molar-refractivity contribution in [3.05, 3.63) is 138 Å². The van der Waals surface area contributed by atoms with Crippen molar-refractivity contribution >= 4 is 17.1 Å². The van der Waals surface area contributed by atoms with Gasteiger partial charge in [0.05, 0.1) is 12.5 Å². The van der Waals surface area contributed by atoms with Crippen LogP contribution in [0.4, 0.5) is 11.4 Å². The number of para-hydroxylation sites is 1. The van der Waals surface area contributed by atoms with Gasteiger partial charge in [-0.3, -0.25) is 0 Å². The molecule has 3 aromatic carbocycles. The fourth-order valence-corrected chi connectivity index (χ4v) is 6.40. The highest BCUT2D eigenvalue weighted by atomic mass is 16.5. The van der Waals surface area contributed by atoms with Crippen LogP contribution in [0.2, 0.25) is 0 Å². The lowest BCUT2D eigenvalue weighted by atomic mass is 9.81. The molecular weight excluding hydrogens is 500 g/mol. The monoisotopic (exact) mass is 543 g/mol. The SMILES string of the molecule is COc1ccc2c(c1)C(C)(C)\C(=C/C=C/C=C/C=C/C1=[N+](C)c3ccccc3C1(C)C)N2CCCc1ccccc1. The molecule has 0 amide bonds. The molecular formula is C38H43N2O+. The van der Waals surface area contributed by atoms with Gasteiger partial charge in [-0.15, -0.1) is 0 Å². The fourth-order valence-electron chi connectivity index (χ4n) is 6.40. The molecule has 41 heavy (non-hydrogen) atoms. The van der Waals surface area contributed by atoms with Crippen molar-refractivity contribution in [3.63, 3.8) is 0 Å². The molecule has 0 saturated carbocycles. The first-order valence-corrected chi connectivity index (χ1v) is 14.7. The van der Waals surface area contributed by atoms with Crippen molar-refractivity contribution in [2.24, 2.45) is 0 Å². The summed E-state index contributed by atoms with van der Waals surface area (Å²) in [4.78, 5) is 2.50. The van der Waals surface area contributed by atoms with Gasteiger partial charge in [-0.2, -0.15) is 4.58 Å². The van der Waals surface area contributed by atoms with Gasteiger partial charge in [-0.25, -0.2) is 0 Å². The maximum Gasteiger partial charge on any atom is 0.209 e. The minimum atomic E-state index is -0.116. The molecule has 0 saturated heterocycles. The number of nitrogens with zero attached hydrogens (tertiary/aromatic N) is 2. The van der Waals surface area contributed by atoms with E-state index in [2.05, 4.69) is 160 Å². The molecule has 2 aliphatic rings. The van der Waals surface area contributed by atoms with E-state index in [0.29, 0.717) is 0 Å². The van der Waals surface area contributed by atoms with Gasteiger partial charge in [0.1, 0.15) is 12.8 Å². The lowest BCUT2D eigenvalue weighted by Crippen LogP contribution is -2.27. The molecule has 0 aromatic heterocycles. The van der Waals surface area contributed by atoms with Crippen molar-refractivity contribution in [2.45, 2.75) is 51.4 Å². The Balaban J connectivity index is 1.32. The lowest BCUT2D eigenvalue weighted by molar-refractivity contribution is -0.401. The van der Waals surface area contributed by atoms with Crippen LogP contribution in [-0.2, 0) is 17.3 Å². The molecule has 3 heteroatoms. The summed E-state index contributed by atoms with van der Waals surface area (Å²) in [6, 6.07) is 25.9. The zero-order chi connectivity index (χ0) is 29.0. The number of anilines is 1. The number of methoxy groups -OCH3 is 1. The molecule has 2 aliphatic heterocycles. The standard InChI is InChI=1S/C38H43N2O/c1-37(2)31-21-15-16-22-33(31)39(5)35(37)23-13-8-7-9-14-24-36-38(3,4)32-28-30(41-6)25-26-34(32)40(36)27-17-20-29-18-11-10-12-19-29/h7-16,18-19,21-26,28H,17,20,27H2,1-6H3/q+1. The van der Waals surface area contributed by atoms with Crippen LogP contribution in [0.5, 0.6) is 5.75 Å². The maximum absolute atomic E-state index is 5.58. The second-order valence-electron chi connectivity index (χ2n) is 12.0. The average molecular weight is 544 g/mol. The van der Waals surface area contributed by atoms with Gasteiger partial charge >= 0.3 is 0 Å². The van der Waals surface area contributed by atoms with Crippen LogP contribution in [0, 0.1) is 0 Å². The molecule has 0 bridgehead atoms. The Morgan fingerprint density at radius 1 is 0.780 bits per heavy atom. The van der Waals surface area contributed by atoms with Gasteiger partial charge in [0, 0.05) is 41.1 Å². The van der Waals surface area contributed by atoms with E-state index in [0.717, 1.165) is 25.1 Å². The molecule has 210 valence electrons. The fraction of sp³-hybridized carbons (Fsp3) is 0.289. The van der Waals surface area contributed by atoms with Crippen molar-refractivity contribution in [1.29, 1.82) is 0 Å². The Kier molecular flexibility index (Phi) is 8.17. The average Bonchev–Trinajstić information content (AvgIpc) is 3.31. The second-order valence-corrected chi connectivity index (χ2v) is 12.0. The molecule has 3 nitrogen and oxygen atoms in total. The molecule has 0 spiro atoms. The van der Waals surface area contributed by atoms with Crippen LogP contribution in [0.3, 0.4) is 0 Å². The molecule has 3 aromatic rings. The number of hydrogen-bond donors (Lipinski definition) is 0. The zero-order valence-electron chi connectivity index (χ0n) is 25.4. The Hall–Kier alpha value is -4.11. The van der Waals surface area contributed by atoms with Crippen LogP contribution in [0.15, 0.2) is 121 Å². The lowest BCUT2D eigenvalue weighted by Gasteiger charge is -2.27. The second kappa shape index (κ2) is 11.8. The largest absolute Gasteiger partial charge is 0.497 e. The highest BCUT2D eigenvalue weighted by Gasteiger charge is 2.42. The van der Waals surface area contributed by atoms with Gasteiger partial charge in [0.15, 0.2) is 5.71 Å². The summed E-state index contributed by atoms with van der Waals surface area (Å²) in [6.07, 6.45) is 17.3. The van der Waals surface area contributed by atoms with Crippen molar-refractivity contribution in [1.82, 2.24) is 0 Å². The molecule has 0 fully saturated rings. The van der Waals surface area contributed by atoms with Gasteiger partial charge < -0.3 is 9.64 Å². The normalized spacial score (nSPS) is 18.3. The molecule has 0 atom stereocenters. The third-order valence-electron chi connectivity index (χ3n) is 8.68. The van der Waals surface area contributed by atoms with Crippen LogP contribution in [0.1, 0.15) is 50.8 Å². The number of hydrogen-bond acceptors (Lipinski definition) is 2. The molecule has 0 N–H and O–H groups in total. The topological polar surface area (TPSA) is 15.5 Å². The molecule has 0 radical (unpaired) electrons. The summed E-state index contributed by atoms with van der Waals surface area (Å²) in [7, 11) is 3.90. The van der Waals surface area contributed by atoms with Crippen LogP contribution >= 0.6 is 0 Å². The highest BCUT2D eigenvalue weighted by Crippen LogP contribution is 2.49. The minimum absolute atomic E-state index is 0.00828. The Bertz CT molecular complexity index is 1550. The molecule has 5 rings (SSSR count). The van der Waals surface area contributed by atoms with E-state index in [1.807, 2.05) is 0 Å². The van der Waals surface area contributed by atoms with E-state index in [-0.39, 0.29) is 10.8 Å². The third-order valence-corrected chi connectivity index (χ3v) is 8.68. The Morgan fingerprint density at radius 3 is 2.24 bits per heavy atom. The van der Waals surface area contributed by atoms with Crippen LogP contribution < -0.4 is 9.64 Å². The molecule has 2 heterocycles. The summed E-state index contributed by atoms with van der Waals surface area (Å²) in [5.74, 6) is 0.907. The summed E-state index contributed by atoms with van der Waals surface area (Å²) in [5, 5.41) is 0. The Labute approximate surface area is 246 Å². The van der Waals surface area contributed by atoms with Gasteiger partial charge in [0.25, 0.3) is 0 Å². The first-order valence-electron chi connectivity index (χ1n) is 14.7. The number of rotatable bonds is 9. The maximum atomic E-state index is 5.58. The van der Waals surface area contributed by atoms with Crippen molar-refractivity contribution in [2.75, 3.05) is 25.6 Å². The van der Waals surface area contributed by atoms with E-state index in [1.54, 1.807) is 7.11 Å². The van der Waals surface area contributed by atoms with Gasteiger partial charge in [-0.1, -0.05) is 92.8 Å². The van der Waals surface area contributed by atoms with E-state index in [9.17, 15) is 0 Å². The predicted molar refractivity (Wildman–Crippen MR) is 174 cm³/mol. The van der Waals surface area contributed by atoms with Crippen LogP contribution in [-0.4, -0.2) is 31.0 Å². The number of aryl methyl sites for hydroxylation is 1. The molecule has 0 aliphatic carbocycles. The van der Waals surface area contributed by atoms with Crippen LogP contribution in [0.25, 0.3) is 0 Å². The predicted octanol–water partition coefficient (Wildman–Crippen LogP) is 8.68. The van der Waals surface area contributed by atoms with E-state index in [1.165, 1.54) is 39.5 Å². The number of fused-ring (bicyclic) bond motifs is 2. The smallest absolute Gasteiger partial charge is 0.209 e. The number of ether oxygens (including phenoxy) is 1. The minimum Gasteiger partial charge on any atom is -0.497 e. The summed E-state index contributed by atoms with van der Waals surface area (Å²) < 4.78 is 7.89. The summed E-state index contributed by atoms with van der Waals surface area (Å²) >= 11 is 0. The zero-order valence-corrected chi connectivity index (χ0v) is 25.4. The summed E-state index contributed by atoms with van der Waals surface area (Å²) in [6.45, 7) is 10.2. The highest BCUT2D eigenvalue weighted by molar-refractivity contribution is 6.03. The number of allylic oxidation sites excluding steroid dienone is 8. The molecule has 0 unspecified atom stereocenters. The van der Waals surface area contributed by atoms with Gasteiger partial charge in [-0.05, 0) is 62.1 Å². The van der Waals surface area contributed by atoms with Gasteiger partial charge in [0.2, 0.25) is 5.69 Å². The number of benzene rings is 3. The Morgan fingerprint density at radius 2 is 1.49 bits per heavy atom. The quantitative estimate of drug-likeness (QED) is 0.198. The van der Waals surface area contributed by atoms with E-state index >= 15 is 0 Å². The van der Waals surface area contributed by atoms with E-state index in [4.69, 9.17) is 4.74 Å². The third kappa shape index (κ3) is 5.59. The van der Waals surface area contributed by atoms with E-state index < -0.39 is 0 Å². The summed E-state index contributed by atoms with van der Waals surface area (Å²) in [5.41, 5.74) is 9.15. The first kappa shape index (κ1) is 28.4. The van der Waals surface area contributed by atoms with Crippen molar-refractivity contribution < 1.29 is 9.31 Å².